The molecule has 2 heterocycles. The van der Waals surface area contributed by atoms with Crippen LogP contribution in [-0.4, -0.2) is 78.9 Å². The van der Waals surface area contributed by atoms with Crippen molar-refractivity contribution in [2.24, 2.45) is 0 Å². The molecule has 0 N–H and O–H groups in total. The smallest absolute Gasteiger partial charge is 0.260 e. The van der Waals surface area contributed by atoms with Crippen LogP contribution in [0.25, 0.3) is 0 Å². The maximum Gasteiger partial charge on any atom is 0.260 e. The number of rotatable bonds is 5. The zero-order valence-electron chi connectivity index (χ0n) is 14.9. The van der Waals surface area contributed by atoms with E-state index in [-0.39, 0.29) is 18.4 Å². The Morgan fingerprint density at radius 1 is 0.923 bits per heavy atom. The first-order valence-electron chi connectivity index (χ1n) is 9.06. The SMILES string of the molecule is N#Cc1ccc(OCC(=O)N2CCN(CC(=O)N3CCCC3)CC2)cc1. The molecule has 26 heavy (non-hydrogen) atoms. The first-order chi connectivity index (χ1) is 12.7. The van der Waals surface area contributed by atoms with E-state index in [2.05, 4.69) is 4.90 Å². The van der Waals surface area contributed by atoms with Crippen LogP contribution >= 0.6 is 0 Å². The first-order valence-corrected chi connectivity index (χ1v) is 9.06. The lowest BCUT2D eigenvalue weighted by Gasteiger charge is -2.34. The van der Waals surface area contributed by atoms with Gasteiger partial charge in [0.15, 0.2) is 6.61 Å². The molecular weight excluding hydrogens is 332 g/mol. The molecule has 0 saturated carbocycles. The molecule has 2 saturated heterocycles. The number of nitrogens with zero attached hydrogens (tertiary/aromatic N) is 4. The molecule has 1 aromatic carbocycles. The van der Waals surface area contributed by atoms with E-state index < -0.39 is 0 Å². The van der Waals surface area contributed by atoms with E-state index in [0.29, 0.717) is 44.0 Å². The lowest BCUT2D eigenvalue weighted by atomic mass is 10.2. The molecule has 0 bridgehead atoms. The average Bonchev–Trinajstić information content (AvgIpc) is 3.22. The third-order valence-electron chi connectivity index (χ3n) is 4.89. The molecule has 0 unspecified atom stereocenters. The van der Waals surface area contributed by atoms with Crippen molar-refractivity contribution in [2.75, 3.05) is 52.4 Å². The number of hydrogen-bond donors (Lipinski definition) is 0. The maximum atomic E-state index is 12.3. The standard InChI is InChI=1S/C19H24N4O3/c20-13-16-3-5-17(6-4-16)26-15-19(25)23-11-9-21(10-12-23)14-18(24)22-7-1-2-8-22/h3-6H,1-2,7-12,14-15H2. The molecule has 0 atom stereocenters. The lowest BCUT2D eigenvalue weighted by molar-refractivity contribution is -0.136. The van der Waals surface area contributed by atoms with E-state index >= 15 is 0 Å². The maximum absolute atomic E-state index is 12.3. The molecule has 138 valence electrons. The summed E-state index contributed by atoms with van der Waals surface area (Å²) in [6.45, 7) is 4.84. The van der Waals surface area contributed by atoms with E-state index in [9.17, 15) is 9.59 Å². The van der Waals surface area contributed by atoms with Crippen molar-refractivity contribution in [2.45, 2.75) is 12.8 Å². The predicted octanol–water partition coefficient (Wildman–Crippen LogP) is 0.704. The molecule has 0 spiro atoms. The van der Waals surface area contributed by atoms with Gasteiger partial charge in [-0.3, -0.25) is 14.5 Å². The molecule has 0 aliphatic carbocycles. The third-order valence-corrected chi connectivity index (χ3v) is 4.89. The van der Waals surface area contributed by atoms with Crippen molar-refractivity contribution in [3.63, 3.8) is 0 Å². The van der Waals surface area contributed by atoms with Crippen LogP contribution in [0, 0.1) is 11.3 Å². The monoisotopic (exact) mass is 356 g/mol. The zero-order chi connectivity index (χ0) is 18.4. The summed E-state index contributed by atoms with van der Waals surface area (Å²) >= 11 is 0. The number of carbonyl (C=O) groups excluding carboxylic acids is 2. The Hall–Kier alpha value is -2.59. The fourth-order valence-electron chi connectivity index (χ4n) is 3.28. The topological polar surface area (TPSA) is 76.9 Å². The number of nitriles is 1. The second-order valence-electron chi connectivity index (χ2n) is 6.67. The van der Waals surface area contributed by atoms with Gasteiger partial charge in [-0.15, -0.1) is 0 Å². The molecule has 2 aliphatic heterocycles. The van der Waals surface area contributed by atoms with Gasteiger partial charge in [0.25, 0.3) is 5.91 Å². The van der Waals surface area contributed by atoms with Gasteiger partial charge in [0, 0.05) is 39.3 Å². The Bertz CT molecular complexity index is 669. The van der Waals surface area contributed by atoms with Crippen LogP contribution in [0.3, 0.4) is 0 Å². The summed E-state index contributed by atoms with van der Waals surface area (Å²) in [5, 5.41) is 8.78. The summed E-state index contributed by atoms with van der Waals surface area (Å²) in [5.74, 6) is 0.721. The van der Waals surface area contributed by atoms with Gasteiger partial charge in [0.1, 0.15) is 5.75 Å². The summed E-state index contributed by atoms with van der Waals surface area (Å²) in [4.78, 5) is 30.3. The highest BCUT2D eigenvalue weighted by Crippen LogP contribution is 2.12. The second kappa shape index (κ2) is 8.68. The largest absolute Gasteiger partial charge is 0.484 e. The van der Waals surface area contributed by atoms with E-state index in [4.69, 9.17) is 10.00 Å². The van der Waals surface area contributed by atoms with Crippen LogP contribution in [0.15, 0.2) is 24.3 Å². The highest BCUT2D eigenvalue weighted by atomic mass is 16.5. The van der Waals surface area contributed by atoms with Crippen molar-refractivity contribution in [3.8, 4) is 11.8 Å². The molecule has 7 nitrogen and oxygen atoms in total. The molecule has 1 aromatic rings. The molecule has 2 amide bonds. The number of amides is 2. The highest BCUT2D eigenvalue weighted by Gasteiger charge is 2.25. The van der Waals surface area contributed by atoms with Gasteiger partial charge in [0.2, 0.25) is 5.91 Å². The van der Waals surface area contributed by atoms with E-state index in [1.54, 1.807) is 29.2 Å². The summed E-state index contributed by atoms with van der Waals surface area (Å²) in [5.41, 5.74) is 0.559. The van der Waals surface area contributed by atoms with E-state index in [0.717, 1.165) is 25.9 Å². The summed E-state index contributed by atoms with van der Waals surface area (Å²) in [7, 11) is 0. The van der Waals surface area contributed by atoms with Crippen molar-refractivity contribution in [1.82, 2.24) is 14.7 Å². The predicted molar refractivity (Wildman–Crippen MR) is 95.5 cm³/mol. The minimum Gasteiger partial charge on any atom is -0.484 e. The number of likely N-dealkylation sites (tertiary alicyclic amines) is 1. The number of piperazine rings is 1. The molecular formula is C19H24N4O3. The lowest BCUT2D eigenvalue weighted by Crippen LogP contribution is -2.52. The summed E-state index contributed by atoms with van der Waals surface area (Å²) in [6, 6.07) is 8.75. The van der Waals surface area contributed by atoms with Crippen LogP contribution in [-0.2, 0) is 9.59 Å². The highest BCUT2D eigenvalue weighted by molar-refractivity contribution is 5.79. The van der Waals surface area contributed by atoms with Crippen molar-refractivity contribution in [3.05, 3.63) is 29.8 Å². The number of benzene rings is 1. The minimum absolute atomic E-state index is 0.0153. The van der Waals surface area contributed by atoms with Crippen LogP contribution in [0.2, 0.25) is 0 Å². The zero-order valence-corrected chi connectivity index (χ0v) is 14.9. The Balaban J connectivity index is 1.38. The Kier molecular flexibility index (Phi) is 6.08. The van der Waals surface area contributed by atoms with Gasteiger partial charge in [-0.05, 0) is 37.1 Å². The van der Waals surface area contributed by atoms with Gasteiger partial charge in [0.05, 0.1) is 18.2 Å². The fraction of sp³-hybridized carbons (Fsp3) is 0.526. The number of carbonyl (C=O) groups is 2. The van der Waals surface area contributed by atoms with E-state index in [1.807, 2.05) is 11.0 Å². The quantitative estimate of drug-likeness (QED) is 0.776. The summed E-state index contributed by atoms with van der Waals surface area (Å²) in [6.07, 6.45) is 2.21. The summed E-state index contributed by atoms with van der Waals surface area (Å²) < 4.78 is 5.50. The Morgan fingerprint density at radius 3 is 2.15 bits per heavy atom. The molecule has 7 heteroatoms. The van der Waals surface area contributed by atoms with Gasteiger partial charge in [-0.2, -0.15) is 5.26 Å². The van der Waals surface area contributed by atoms with Crippen LogP contribution in [0.5, 0.6) is 5.75 Å². The Morgan fingerprint density at radius 2 is 1.54 bits per heavy atom. The minimum atomic E-state index is -0.0557. The van der Waals surface area contributed by atoms with Crippen LogP contribution < -0.4 is 4.74 Å². The van der Waals surface area contributed by atoms with Crippen molar-refractivity contribution >= 4 is 11.8 Å². The second-order valence-corrected chi connectivity index (χ2v) is 6.67. The first kappa shape index (κ1) is 18.2. The van der Waals surface area contributed by atoms with Gasteiger partial charge >= 0.3 is 0 Å². The van der Waals surface area contributed by atoms with Crippen LogP contribution in [0.4, 0.5) is 0 Å². The molecule has 2 aliphatic rings. The van der Waals surface area contributed by atoms with Gasteiger partial charge in [-0.1, -0.05) is 0 Å². The third kappa shape index (κ3) is 4.73. The molecule has 3 rings (SSSR count). The molecule has 0 aromatic heterocycles. The fourth-order valence-corrected chi connectivity index (χ4v) is 3.28. The van der Waals surface area contributed by atoms with Crippen LogP contribution in [0.1, 0.15) is 18.4 Å². The molecule has 2 fully saturated rings. The normalized spacial score (nSPS) is 17.8. The Labute approximate surface area is 153 Å². The van der Waals surface area contributed by atoms with E-state index in [1.165, 1.54) is 0 Å². The van der Waals surface area contributed by atoms with Gasteiger partial charge in [-0.25, -0.2) is 0 Å². The average molecular weight is 356 g/mol. The van der Waals surface area contributed by atoms with Crippen molar-refractivity contribution < 1.29 is 14.3 Å². The molecule has 0 radical (unpaired) electrons. The number of ether oxygens (including phenoxy) is 1. The van der Waals surface area contributed by atoms with Crippen molar-refractivity contribution in [1.29, 1.82) is 5.26 Å². The van der Waals surface area contributed by atoms with Gasteiger partial charge < -0.3 is 14.5 Å². The number of hydrogen-bond acceptors (Lipinski definition) is 5.